The lowest BCUT2D eigenvalue weighted by Crippen LogP contribution is -2.37. The second-order valence-electron chi connectivity index (χ2n) is 9.50. The van der Waals surface area contributed by atoms with E-state index >= 15 is 0 Å². The van der Waals surface area contributed by atoms with Crippen LogP contribution in [0, 0.1) is 5.92 Å². The molecule has 0 saturated carbocycles. The van der Waals surface area contributed by atoms with Crippen molar-refractivity contribution in [2.45, 2.75) is 92.3 Å². The molecule has 0 aliphatic rings. The van der Waals surface area contributed by atoms with Crippen molar-refractivity contribution < 1.29 is 52.3 Å². The van der Waals surface area contributed by atoms with Crippen molar-refractivity contribution in [3.8, 4) is 11.5 Å². The fraction of sp³-hybridized carbons (Fsp3) is 0.615. The van der Waals surface area contributed by atoms with Gasteiger partial charge in [0.2, 0.25) is 0 Å². The molecule has 0 aromatic heterocycles. The van der Waals surface area contributed by atoms with Crippen LogP contribution in [0.25, 0.3) is 0 Å². The summed E-state index contributed by atoms with van der Waals surface area (Å²) in [5.74, 6) is -0.851. The summed E-state index contributed by atoms with van der Waals surface area (Å²) in [6.07, 6.45) is -4.85. The van der Waals surface area contributed by atoms with Crippen LogP contribution in [0.1, 0.15) is 61.0 Å². The SMILES string of the molecule is CC(C)OC(=O)Oc1ccc(C[C@H](N)C(=O)O[C@@H](C)COC(=O)OC(C)C(C)C)cc1OC(=O)OC(C)C. The van der Waals surface area contributed by atoms with E-state index in [-0.39, 0.29) is 36.5 Å². The first-order valence-corrected chi connectivity index (χ1v) is 12.4. The zero-order chi connectivity index (χ0) is 29.0. The molecule has 1 aromatic carbocycles. The van der Waals surface area contributed by atoms with Crippen LogP contribution in [-0.4, -0.2) is 61.5 Å². The highest BCUT2D eigenvalue weighted by atomic mass is 16.8. The molecule has 0 heterocycles. The minimum Gasteiger partial charge on any atom is -0.458 e. The van der Waals surface area contributed by atoms with Crippen LogP contribution in [0.15, 0.2) is 18.2 Å². The van der Waals surface area contributed by atoms with E-state index in [2.05, 4.69) is 0 Å². The Labute approximate surface area is 223 Å². The van der Waals surface area contributed by atoms with Crippen molar-refractivity contribution in [3.05, 3.63) is 23.8 Å². The van der Waals surface area contributed by atoms with E-state index in [9.17, 15) is 19.2 Å². The van der Waals surface area contributed by atoms with Crippen LogP contribution in [-0.2, 0) is 34.9 Å². The van der Waals surface area contributed by atoms with E-state index < -0.39 is 48.8 Å². The molecule has 2 N–H and O–H groups in total. The second kappa shape index (κ2) is 15.7. The van der Waals surface area contributed by atoms with Gasteiger partial charge in [-0.05, 0) is 71.6 Å². The topological polar surface area (TPSA) is 159 Å². The van der Waals surface area contributed by atoms with Crippen LogP contribution < -0.4 is 15.2 Å². The molecule has 0 amide bonds. The predicted octanol–water partition coefficient (Wildman–Crippen LogP) is 4.53. The first-order valence-electron chi connectivity index (χ1n) is 12.4. The maximum atomic E-state index is 12.5. The van der Waals surface area contributed by atoms with Gasteiger partial charge in [-0.15, -0.1) is 0 Å². The lowest BCUT2D eigenvalue weighted by molar-refractivity contribution is -0.152. The summed E-state index contributed by atoms with van der Waals surface area (Å²) in [5.41, 5.74) is 6.47. The van der Waals surface area contributed by atoms with Crippen molar-refractivity contribution in [1.82, 2.24) is 0 Å². The summed E-state index contributed by atoms with van der Waals surface area (Å²) in [6, 6.07) is 3.18. The molecule has 12 heteroatoms. The van der Waals surface area contributed by atoms with E-state index in [1.807, 2.05) is 13.8 Å². The summed E-state index contributed by atoms with van der Waals surface area (Å²) in [7, 11) is 0. The summed E-state index contributed by atoms with van der Waals surface area (Å²) in [4.78, 5) is 48.2. The molecule has 0 fully saturated rings. The average molecular weight is 542 g/mol. The summed E-state index contributed by atoms with van der Waals surface area (Å²) in [6.45, 7) is 13.4. The average Bonchev–Trinajstić information content (AvgIpc) is 2.78. The van der Waals surface area contributed by atoms with Gasteiger partial charge in [-0.3, -0.25) is 4.79 Å². The molecule has 0 bridgehead atoms. The van der Waals surface area contributed by atoms with Crippen LogP contribution in [0.2, 0.25) is 0 Å². The predicted molar refractivity (Wildman–Crippen MR) is 135 cm³/mol. The van der Waals surface area contributed by atoms with Crippen molar-refractivity contribution in [2.75, 3.05) is 6.61 Å². The Morgan fingerprint density at radius 2 is 1.29 bits per heavy atom. The van der Waals surface area contributed by atoms with Crippen molar-refractivity contribution >= 4 is 24.4 Å². The molecule has 1 rings (SSSR count). The Morgan fingerprint density at radius 1 is 0.737 bits per heavy atom. The van der Waals surface area contributed by atoms with Crippen molar-refractivity contribution in [1.29, 1.82) is 0 Å². The highest BCUT2D eigenvalue weighted by Crippen LogP contribution is 2.30. The highest BCUT2D eigenvalue weighted by molar-refractivity contribution is 5.76. The second-order valence-corrected chi connectivity index (χ2v) is 9.50. The zero-order valence-corrected chi connectivity index (χ0v) is 23.2. The Morgan fingerprint density at radius 3 is 1.82 bits per heavy atom. The standard InChI is InChI=1S/C26H39NO11/c1-14(2)18(8)36-24(29)32-13-17(7)35-23(28)20(27)11-19-9-10-21(37-25(30)33-15(3)4)22(12-19)38-26(31)34-16(5)6/h9-10,12,14-18,20H,11,13,27H2,1-8H3/t17-,18?,20-/m0/s1. The van der Waals surface area contributed by atoms with E-state index in [1.165, 1.54) is 18.2 Å². The molecular weight excluding hydrogens is 502 g/mol. The third-order valence-corrected chi connectivity index (χ3v) is 4.79. The lowest BCUT2D eigenvalue weighted by Gasteiger charge is -2.19. The molecule has 214 valence electrons. The molecule has 0 spiro atoms. The fourth-order valence-electron chi connectivity index (χ4n) is 2.62. The Bertz CT molecular complexity index is 945. The van der Waals surface area contributed by atoms with Crippen molar-refractivity contribution in [2.24, 2.45) is 11.7 Å². The van der Waals surface area contributed by atoms with Gasteiger partial charge < -0.3 is 38.9 Å². The van der Waals surface area contributed by atoms with Gasteiger partial charge in [0.05, 0.1) is 12.2 Å². The number of carbonyl (C=O) groups excluding carboxylic acids is 4. The summed E-state index contributed by atoms with van der Waals surface area (Å²) in [5, 5.41) is 0. The molecule has 38 heavy (non-hydrogen) atoms. The molecule has 0 saturated heterocycles. The Balaban J connectivity index is 2.82. The third-order valence-electron chi connectivity index (χ3n) is 4.79. The van der Waals surface area contributed by atoms with Gasteiger partial charge in [0.15, 0.2) is 11.5 Å². The smallest absolute Gasteiger partial charge is 0.458 e. The van der Waals surface area contributed by atoms with Gasteiger partial charge in [-0.2, -0.15) is 0 Å². The maximum Gasteiger partial charge on any atom is 0.514 e. The van der Waals surface area contributed by atoms with Gasteiger partial charge in [0, 0.05) is 0 Å². The Hall–Kier alpha value is -3.54. The van der Waals surface area contributed by atoms with E-state index in [0.29, 0.717) is 5.56 Å². The molecule has 0 aliphatic heterocycles. The molecule has 1 unspecified atom stereocenters. The minimum atomic E-state index is -1.10. The molecular formula is C26H39NO11. The van der Waals surface area contributed by atoms with Crippen LogP contribution in [0.4, 0.5) is 14.4 Å². The summed E-state index contributed by atoms with van der Waals surface area (Å²) < 4.78 is 35.6. The number of carbonyl (C=O) groups is 4. The van der Waals surface area contributed by atoms with Gasteiger partial charge in [-0.1, -0.05) is 19.9 Å². The van der Waals surface area contributed by atoms with Gasteiger partial charge in [0.25, 0.3) is 0 Å². The number of ether oxygens (including phenoxy) is 7. The molecule has 3 atom stereocenters. The van der Waals surface area contributed by atoms with E-state index in [1.54, 1.807) is 41.5 Å². The number of esters is 1. The molecule has 0 radical (unpaired) electrons. The van der Waals surface area contributed by atoms with Gasteiger partial charge in [-0.25, -0.2) is 14.4 Å². The highest BCUT2D eigenvalue weighted by Gasteiger charge is 2.23. The first kappa shape index (κ1) is 32.5. The number of benzene rings is 1. The number of nitrogens with two attached hydrogens (primary N) is 1. The molecule has 12 nitrogen and oxygen atoms in total. The quantitative estimate of drug-likeness (QED) is 0.224. The van der Waals surface area contributed by atoms with Crippen LogP contribution >= 0.6 is 0 Å². The first-order chi connectivity index (χ1) is 17.7. The third kappa shape index (κ3) is 12.6. The minimum absolute atomic E-state index is 0.00728. The number of hydrogen-bond acceptors (Lipinski definition) is 12. The zero-order valence-electron chi connectivity index (χ0n) is 23.2. The normalized spacial score (nSPS) is 13.4. The number of hydrogen-bond donors (Lipinski definition) is 1. The van der Waals surface area contributed by atoms with Crippen LogP contribution in [0.5, 0.6) is 11.5 Å². The summed E-state index contributed by atoms with van der Waals surface area (Å²) >= 11 is 0. The van der Waals surface area contributed by atoms with Crippen molar-refractivity contribution in [3.63, 3.8) is 0 Å². The van der Waals surface area contributed by atoms with E-state index in [0.717, 1.165) is 0 Å². The van der Waals surface area contributed by atoms with Gasteiger partial charge >= 0.3 is 24.4 Å². The van der Waals surface area contributed by atoms with E-state index in [4.69, 9.17) is 38.9 Å². The molecule has 1 aromatic rings. The fourth-order valence-corrected chi connectivity index (χ4v) is 2.62. The maximum absolute atomic E-state index is 12.5. The number of rotatable bonds is 12. The lowest BCUT2D eigenvalue weighted by atomic mass is 10.1. The molecule has 0 aliphatic carbocycles. The largest absolute Gasteiger partial charge is 0.514 e. The monoisotopic (exact) mass is 541 g/mol. The van der Waals surface area contributed by atoms with Crippen LogP contribution in [0.3, 0.4) is 0 Å². The Kier molecular flexibility index (Phi) is 13.4. The van der Waals surface area contributed by atoms with Gasteiger partial charge in [0.1, 0.15) is 24.9 Å².